The van der Waals surface area contributed by atoms with Crippen LogP contribution in [0.15, 0.2) is 0 Å². The van der Waals surface area contributed by atoms with Crippen molar-refractivity contribution in [1.29, 1.82) is 0 Å². The van der Waals surface area contributed by atoms with Crippen molar-refractivity contribution in [3.63, 3.8) is 0 Å². The minimum atomic E-state index is -2.88. The Morgan fingerprint density at radius 1 is 1.48 bits per heavy atom. The maximum Gasteiger partial charge on any atom is 0.158 e. The first-order chi connectivity index (χ1) is 9.78. The smallest absolute Gasteiger partial charge is 0.158 e. The van der Waals surface area contributed by atoms with Gasteiger partial charge in [0.25, 0.3) is 0 Å². The average Bonchev–Trinajstić information content (AvgIpc) is 2.97. The van der Waals surface area contributed by atoms with Crippen LogP contribution in [0.4, 0.5) is 0 Å². The Hall–Kier alpha value is -1.08. The molecule has 0 aliphatic carbocycles. The van der Waals surface area contributed by atoms with E-state index in [1.54, 1.807) is 4.68 Å². The molecule has 0 N–H and O–H groups in total. The van der Waals surface area contributed by atoms with Crippen molar-refractivity contribution in [2.45, 2.75) is 32.2 Å². The summed E-state index contributed by atoms with van der Waals surface area (Å²) < 4.78 is 27.1. The summed E-state index contributed by atoms with van der Waals surface area (Å²) in [5.41, 5.74) is 2.63. The lowest BCUT2D eigenvalue weighted by molar-refractivity contribution is 0.480. The lowest BCUT2D eigenvalue weighted by atomic mass is 10.1. The molecule has 0 radical (unpaired) electrons. The van der Waals surface area contributed by atoms with Crippen LogP contribution in [0.5, 0.6) is 0 Å². The van der Waals surface area contributed by atoms with Crippen molar-refractivity contribution in [1.82, 2.24) is 19.3 Å². The van der Waals surface area contributed by atoms with Gasteiger partial charge in [-0.2, -0.15) is 5.10 Å². The van der Waals surface area contributed by atoms with Crippen LogP contribution >= 0.6 is 11.6 Å². The fraction of sp³-hybridized carbons (Fsp3) is 0.692. The van der Waals surface area contributed by atoms with Crippen LogP contribution in [0.3, 0.4) is 0 Å². The number of hydrogen-bond acceptors (Lipinski definition) is 4. The number of imidazole rings is 1. The maximum absolute atomic E-state index is 11.7. The van der Waals surface area contributed by atoms with Crippen molar-refractivity contribution in [3.8, 4) is 0 Å². The van der Waals surface area contributed by atoms with E-state index in [-0.39, 0.29) is 22.8 Å². The van der Waals surface area contributed by atoms with Crippen LogP contribution in [0.2, 0.25) is 0 Å². The number of fused-ring (bicyclic) bond motifs is 1. The molecule has 3 rings (SSSR count). The molecule has 0 amide bonds. The van der Waals surface area contributed by atoms with Crippen LogP contribution < -0.4 is 0 Å². The van der Waals surface area contributed by atoms with Crippen molar-refractivity contribution >= 4 is 32.6 Å². The Bertz CT molecular complexity index is 791. The van der Waals surface area contributed by atoms with E-state index < -0.39 is 9.84 Å². The molecule has 1 fully saturated rings. The second kappa shape index (κ2) is 4.98. The lowest BCUT2D eigenvalue weighted by Crippen LogP contribution is -2.16. The molecule has 3 heterocycles. The third-order valence-corrected chi connectivity index (χ3v) is 6.08. The Kier molecular flexibility index (Phi) is 3.52. The van der Waals surface area contributed by atoms with E-state index in [9.17, 15) is 8.42 Å². The molecule has 0 bridgehead atoms. The third-order valence-electron chi connectivity index (χ3n) is 4.04. The van der Waals surface area contributed by atoms with Gasteiger partial charge in [-0.15, -0.1) is 11.6 Å². The van der Waals surface area contributed by atoms with Crippen molar-refractivity contribution in [3.05, 3.63) is 11.5 Å². The maximum atomic E-state index is 11.7. The highest BCUT2D eigenvalue weighted by Gasteiger charge is 2.30. The zero-order valence-corrected chi connectivity index (χ0v) is 13.9. The molecule has 2 aromatic rings. The Morgan fingerprint density at radius 3 is 2.76 bits per heavy atom. The summed E-state index contributed by atoms with van der Waals surface area (Å²) in [6.45, 7) is 4.43. The van der Waals surface area contributed by atoms with Crippen molar-refractivity contribution < 1.29 is 8.42 Å². The largest absolute Gasteiger partial charge is 0.311 e. The van der Waals surface area contributed by atoms with E-state index in [4.69, 9.17) is 11.6 Å². The minimum Gasteiger partial charge on any atom is -0.311 e. The van der Waals surface area contributed by atoms with Gasteiger partial charge in [-0.25, -0.2) is 13.4 Å². The number of halogens is 1. The third kappa shape index (κ3) is 2.57. The van der Waals surface area contributed by atoms with Crippen LogP contribution in [0.1, 0.15) is 30.2 Å². The van der Waals surface area contributed by atoms with E-state index in [0.717, 1.165) is 22.7 Å². The van der Waals surface area contributed by atoms with E-state index >= 15 is 0 Å². The molecule has 1 saturated heterocycles. The molecule has 2 atom stereocenters. The molecule has 6 nitrogen and oxygen atoms in total. The highest BCUT2D eigenvalue weighted by atomic mass is 35.5. The molecular weight excluding hydrogens is 312 g/mol. The summed E-state index contributed by atoms with van der Waals surface area (Å²) >= 11 is 6.25. The van der Waals surface area contributed by atoms with Crippen LogP contribution in [-0.4, -0.2) is 39.3 Å². The predicted octanol–water partition coefficient (Wildman–Crippen LogP) is 1.81. The first-order valence-electron chi connectivity index (χ1n) is 7.02. The van der Waals surface area contributed by atoms with E-state index in [1.165, 1.54) is 0 Å². The number of alkyl halides is 1. The van der Waals surface area contributed by atoms with Crippen LogP contribution in [-0.2, 0) is 23.4 Å². The van der Waals surface area contributed by atoms with Crippen molar-refractivity contribution in [2.24, 2.45) is 13.0 Å². The first kappa shape index (κ1) is 14.8. The van der Waals surface area contributed by atoms with Crippen molar-refractivity contribution in [2.75, 3.05) is 11.5 Å². The summed E-state index contributed by atoms with van der Waals surface area (Å²) in [4.78, 5) is 4.61. The van der Waals surface area contributed by atoms with Crippen LogP contribution in [0.25, 0.3) is 11.2 Å². The lowest BCUT2D eigenvalue weighted by Gasteiger charge is -2.14. The van der Waals surface area contributed by atoms with Gasteiger partial charge in [-0.1, -0.05) is 0 Å². The quantitative estimate of drug-likeness (QED) is 0.805. The Labute approximate surface area is 129 Å². The van der Waals surface area contributed by atoms with Gasteiger partial charge in [0.1, 0.15) is 11.3 Å². The molecule has 8 heteroatoms. The fourth-order valence-electron chi connectivity index (χ4n) is 3.11. The summed E-state index contributed by atoms with van der Waals surface area (Å²) in [7, 11) is -1.00. The average molecular weight is 331 g/mol. The summed E-state index contributed by atoms with van der Waals surface area (Å²) in [6.07, 6.45) is 0.703. The topological polar surface area (TPSA) is 69.8 Å². The van der Waals surface area contributed by atoms with Gasteiger partial charge in [0.15, 0.2) is 15.5 Å². The number of hydrogen-bond donors (Lipinski definition) is 0. The molecule has 1 aliphatic heterocycles. The van der Waals surface area contributed by atoms with Gasteiger partial charge in [-0.3, -0.25) is 4.68 Å². The van der Waals surface area contributed by atoms with Gasteiger partial charge in [0.2, 0.25) is 0 Å². The molecule has 2 unspecified atom stereocenters. The van der Waals surface area contributed by atoms with Gasteiger partial charge in [0, 0.05) is 13.6 Å². The molecular formula is C13H19ClN4O2S. The summed E-state index contributed by atoms with van der Waals surface area (Å²) in [6, 6.07) is 0. The van der Waals surface area contributed by atoms with Gasteiger partial charge in [-0.05, 0) is 26.2 Å². The zero-order chi connectivity index (χ0) is 15.4. The minimum absolute atomic E-state index is 0.122. The summed E-state index contributed by atoms with van der Waals surface area (Å²) in [5.74, 6) is 1.44. The molecule has 1 aliphatic rings. The molecule has 21 heavy (non-hydrogen) atoms. The molecule has 0 aromatic carbocycles. The SMILES string of the molecule is Cc1nn(C)c2c1nc(C(C)Cl)n2CC1CCS(=O)(=O)C1. The fourth-order valence-corrected chi connectivity index (χ4v) is 5.13. The molecule has 2 aromatic heterocycles. The standard InChI is InChI=1S/C13H19ClN4O2S/c1-8(14)12-15-11-9(2)16-17(3)13(11)18(12)6-10-4-5-21(19,20)7-10/h8,10H,4-7H2,1-3H3. The van der Waals surface area contributed by atoms with Gasteiger partial charge in [0.05, 0.1) is 22.6 Å². The second-order valence-electron chi connectivity index (χ2n) is 5.85. The molecule has 116 valence electrons. The monoisotopic (exact) mass is 330 g/mol. The molecule has 0 saturated carbocycles. The number of aryl methyl sites for hydroxylation is 2. The second-order valence-corrected chi connectivity index (χ2v) is 8.73. The highest BCUT2D eigenvalue weighted by Crippen LogP contribution is 2.29. The normalized spacial score (nSPS) is 23.0. The highest BCUT2D eigenvalue weighted by molar-refractivity contribution is 7.91. The van der Waals surface area contributed by atoms with Crippen LogP contribution in [0, 0.1) is 12.8 Å². The zero-order valence-electron chi connectivity index (χ0n) is 12.4. The number of rotatable bonds is 3. The number of nitrogens with zero attached hydrogens (tertiary/aromatic N) is 4. The predicted molar refractivity (Wildman–Crippen MR) is 82.3 cm³/mol. The van der Waals surface area contributed by atoms with E-state index in [2.05, 4.69) is 10.1 Å². The number of aromatic nitrogens is 4. The summed E-state index contributed by atoms with van der Waals surface area (Å²) in [5, 5.41) is 4.16. The molecule has 0 spiro atoms. The Morgan fingerprint density at radius 2 is 2.19 bits per heavy atom. The van der Waals surface area contributed by atoms with E-state index in [1.807, 2.05) is 25.5 Å². The number of sulfone groups is 1. The Balaban J connectivity index is 2.05. The van der Waals surface area contributed by atoms with E-state index in [0.29, 0.717) is 13.0 Å². The van der Waals surface area contributed by atoms with Gasteiger partial charge < -0.3 is 4.57 Å². The van der Waals surface area contributed by atoms with Gasteiger partial charge >= 0.3 is 0 Å². The first-order valence-corrected chi connectivity index (χ1v) is 9.28.